The van der Waals surface area contributed by atoms with E-state index in [0.717, 1.165) is 0 Å². The lowest BCUT2D eigenvalue weighted by Crippen LogP contribution is -2.52. The van der Waals surface area contributed by atoms with Crippen molar-refractivity contribution >= 4 is 5.91 Å². The lowest BCUT2D eigenvalue weighted by Gasteiger charge is -2.43. The normalized spacial score (nSPS) is 32.7. The Balaban J connectivity index is 1.80. The summed E-state index contributed by atoms with van der Waals surface area (Å²) in [5.74, 6) is 0.695. The molecular weight excluding hydrogens is 260 g/mol. The van der Waals surface area contributed by atoms with Gasteiger partial charge in [0.15, 0.2) is 0 Å². The maximum Gasteiger partial charge on any atom is 0.251 e. The van der Waals surface area contributed by atoms with E-state index in [4.69, 9.17) is 5.26 Å². The van der Waals surface area contributed by atoms with Crippen molar-refractivity contribution in [1.29, 1.82) is 5.26 Å². The molecule has 0 heterocycles. The van der Waals surface area contributed by atoms with E-state index >= 15 is 0 Å². The molecule has 0 aromatic heterocycles. The Labute approximate surface area is 126 Å². The van der Waals surface area contributed by atoms with Crippen LogP contribution < -0.4 is 5.32 Å². The zero-order valence-electron chi connectivity index (χ0n) is 12.9. The Morgan fingerprint density at radius 2 is 1.95 bits per heavy atom. The summed E-state index contributed by atoms with van der Waals surface area (Å²) < 4.78 is 0. The molecule has 1 N–H and O–H groups in total. The molecule has 1 aromatic carbocycles. The molecule has 2 aliphatic rings. The quantitative estimate of drug-likeness (QED) is 0.902. The predicted octanol–water partition coefficient (Wildman–Crippen LogP) is 3.50. The van der Waals surface area contributed by atoms with Crippen molar-refractivity contribution in [3.05, 3.63) is 35.4 Å². The molecule has 2 saturated carbocycles. The van der Waals surface area contributed by atoms with Crippen LogP contribution in [0, 0.1) is 28.1 Å². The third-order valence-electron chi connectivity index (χ3n) is 5.82. The Hall–Kier alpha value is -1.82. The largest absolute Gasteiger partial charge is 0.348 e. The van der Waals surface area contributed by atoms with Crippen LogP contribution in [-0.2, 0) is 0 Å². The molecule has 3 atom stereocenters. The molecule has 3 rings (SSSR count). The summed E-state index contributed by atoms with van der Waals surface area (Å²) in [6, 6.07) is 9.16. The SMILES string of the molecule is CC12CCC(C1)C(C)(C)C2NC(=O)c1ccc(C#N)cc1. The van der Waals surface area contributed by atoms with Crippen LogP contribution in [0.5, 0.6) is 0 Å². The van der Waals surface area contributed by atoms with E-state index < -0.39 is 0 Å². The van der Waals surface area contributed by atoms with Crippen LogP contribution in [0.3, 0.4) is 0 Å². The van der Waals surface area contributed by atoms with E-state index in [1.807, 2.05) is 0 Å². The number of nitriles is 1. The average Bonchev–Trinajstić information content (AvgIpc) is 2.94. The highest BCUT2D eigenvalue weighted by molar-refractivity contribution is 5.94. The lowest BCUT2D eigenvalue weighted by molar-refractivity contribution is 0.0737. The molecule has 2 fully saturated rings. The number of benzene rings is 1. The van der Waals surface area contributed by atoms with E-state index in [1.165, 1.54) is 19.3 Å². The summed E-state index contributed by atoms with van der Waals surface area (Å²) in [4.78, 5) is 12.5. The topological polar surface area (TPSA) is 52.9 Å². The number of carbonyl (C=O) groups is 1. The standard InChI is InChI=1S/C18H22N2O/c1-17(2)14-8-9-18(3,10-14)16(17)20-15(21)13-6-4-12(11-19)5-7-13/h4-7,14,16H,8-10H2,1-3H3,(H,20,21). The summed E-state index contributed by atoms with van der Waals surface area (Å²) in [5.41, 5.74) is 1.61. The first-order valence-corrected chi connectivity index (χ1v) is 7.68. The van der Waals surface area contributed by atoms with Crippen molar-refractivity contribution in [3.63, 3.8) is 0 Å². The second kappa shape index (κ2) is 4.59. The van der Waals surface area contributed by atoms with Crippen molar-refractivity contribution in [2.75, 3.05) is 0 Å². The Bertz CT molecular complexity index is 606. The van der Waals surface area contributed by atoms with Gasteiger partial charge < -0.3 is 5.32 Å². The molecule has 21 heavy (non-hydrogen) atoms. The maximum absolute atomic E-state index is 12.5. The third kappa shape index (κ3) is 2.14. The molecule has 0 aliphatic heterocycles. The smallest absolute Gasteiger partial charge is 0.251 e. The number of nitrogens with one attached hydrogen (secondary N) is 1. The summed E-state index contributed by atoms with van der Waals surface area (Å²) >= 11 is 0. The fraction of sp³-hybridized carbons (Fsp3) is 0.556. The second-order valence-corrected chi connectivity index (χ2v) is 7.51. The van der Waals surface area contributed by atoms with Gasteiger partial charge in [-0.3, -0.25) is 4.79 Å². The van der Waals surface area contributed by atoms with Crippen molar-refractivity contribution < 1.29 is 4.79 Å². The van der Waals surface area contributed by atoms with Gasteiger partial charge in [0.05, 0.1) is 11.6 Å². The number of amides is 1. The first kappa shape index (κ1) is 14.1. The fourth-order valence-corrected chi connectivity index (χ4v) is 4.57. The molecule has 2 bridgehead atoms. The van der Waals surface area contributed by atoms with Crippen molar-refractivity contribution in [2.45, 2.75) is 46.1 Å². The lowest BCUT2D eigenvalue weighted by atomic mass is 9.68. The third-order valence-corrected chi connectivity index (χ3v) is 5.82. The van der Waals surface area contributed by atoms with Crippen LogP contribution in [0.15, 0.2) is 24.3 Å². The molecular formula is C18H22N2O. The highest BCUT2D eigenvalue weighted by Crippen LogP contribution is 2.62. The van der Waals surface area contributed by atoms with E-state index in [1.54, 1.807) is 24.3 Å². The number of fused-ring (bicyclic) bond motifs is 2. The van der Waals surface area contributed by atoms with Gasteiger partial charge in [0, 0.05) is 11.6 Å². The highest BCUT2D eigenvalue weighted by atomic mass is 16.1. The zero-order chi connectivity index (χ0) is 15.3. The van der Waals surface area contributed by atoms with Gasteiger partial charge in [0.2, 0.25) is 0 Å². The molecule has 3 nitrogen and oxygen atoms in total. The summed E-state index contributed by atoms with van der Waals surface area (Å²) in [5, 5.41) is 12.1. The molecule has 1 aromatic rings. The van der Waals surface area contributed by atoms with Crippen LogP contribution in [0.1, 0.15) is 56.0 Å². The van der Waals surface area contributed by atoms with Gasteiger partial charge in [0.25, 0.3) is 5.91 Å². The monoisotopic (exact) mass is 282 g/mol. The molecule has 2 aliphatic carbocycles. The minimum Gasteiger partial charge on any atom is -0.348 e. The van der Waals surface area contributed by atoms with Gasteiger partial charge in [-0.25, -0.2) is 0 Å². The van der Waals surface area contributed by atoms with Crippen molar-refractivity contribution in [3.8, 4) is 6.07 Å². The Morgan fingerprint density at radius 1 is 1.29 bits per heavy atom. The second-order valence-electron chi connectivity index (χ2n) is 7.51. The highest BCUT2D eigenvalue weighted by Gasteiger charge is 2.59. The molecule has 0 saturated heterocycles. The number of rotatable bonds is 2. The van der Waals surface area contributed by atoms with Gasteiger partial charge in [-0.05, 0) is 60.3 Å². The van der Waals surface area contributed by atoms with Crippen LogP contribution >= 0.6 is 0 Å². The maximum atomic E-state index is 12.5. The van der Waals surface area contributed by atoms with E-state index in [9.17, 15) is 4.79 Å². The van der Waals surface area contributed by atoms with Crippen LogP contribution in [0.2, 0.25) is 0 Å². The summed E-state index contributed by atoms with van der Waals surface area (Å²) in [7, 11) is 0. The van der Waals surface area contributed by atoms with Gasteiger partial charge in [-0.1, -0.05) is 20.8 Å². The summed E-state index contributed by atoms with van der Waals surface area (Å²) in [6.07, 6.45) is 3.71. The van der Waals surface area contributed by atoms with Gasteiger partial charge in [-0.2, -0.15) is 5.26 Å². The Morgan fingerprint density at radius 3 is 2.48 bits per heavy atom. The molecule has 0 radical (unpaired) electrons. The van der Waals surface area contributed by atoms with Crippen molar-refractivity contribution in [1.82, 2.24) is 5.32 Å². The first-order chi connectivity index (χ1) is 9.87. The molecule has 3 unspecified atom stereocenters. The van der Waals surface area contributed by atoms with E-state index in [2.05, 4.69) is 32.2 Å². The molecule has 110 valence electrons. The fourth-order valence-electron chi connectivity index (χ4n) is 4.57. The van der Waals surface area contributed by atoms with E-state index in [-0.39, 0.29) is 22.8 Å². The molecule has 1 amide bonds. The molecule has 0 spiro atoms. The summed E-state index contributed by atoms with van der Waals surface area (Å²) in [6.45, 7) is 6.88. The Kier molecular flexibility index (Phi) is 3.09. The van der Waals surface area contributed by atoms with Crippen LogP contribution in [0.4, 0.5) is 0 Å². The van der Waals surface area contributed by atoms with E-state index in [0.29, 0.717) is 17.0 Å². The van der Waals surface area contributed by atoms with Crippen LogP contribution in [-0.4, -0.2) is 11.9 Å². The van der Waals surface area contributed by atoms with Crippen LogP contribution in [0.25, 0.3) is 0 Å². The average molecular weight is 282 g/mol. The first-order valence-electron chi connectivity index (χ1n) is 7.68. The van der Waals surface area contributed by atoms with Crippen molar-refractivity contribution in [2.24, 2.45) is 16.7 Å². The number of hydrogen-bond acceptors (Lipinski definition) is 2. The molecule has 3 heteroatoms. The number of carbonyl (C=O) groups excluding carboxylic acids is 1. The van der Waals surface area contributed by atoms with Gasteiger partial charge in [-0.15, -0.1) is 0 Å². The number of hydrogen-bond donors (Lipinski definition) is 1. The zero-order valence-corrected chi connectivity index (χ0v) is 12.9. The minimum atomic E-state index is -0.0219. The van der Waals surface area contributed by atoms with Gasteiger partial charge >= 0.3 is 0 Å². The number of nitrogens with zero attached hydrogens (tertiary/aromatic N) is 1. The minimum absolute atomic E-state index is 0.0219. The predicted molar refractivity (Wildman–Crippen MR) is 81.6 cm³/mol. The van der Waals surface area contributed by atoms with Gasteiger partial charge in [0.1, 0.15) is 0 Å².